The van der Waals surface area contributed by atoms with Crippen molar-refractivity contribution in [3.8, 4) is 0 Å². The molecule has 0 aromatic rings. The van der Waals surface area contributed by atoms with Crippen molar-refractivity contribution in [2.45, 2.75) is 13.6 Å². The Balaban J connectivity index is 2.54. The molecule has 0 fully saturated rings. The van der Waals surface area contributed by atoms with Crippen molar-refractivity contribution in [1.82, 2.24) is 0 Å². The van der Waals surface area contributed by atoms with Gasteiger partial charge in [-0.2, -0.15) is 0 Å². The van der Waals surface area contributed by atoms with E-state index in [1.807, 2.05) is 0 Å². The molecule has 0 rings (SSSR count). The lowest BCUT2D eigenvalue weighted by atomic mass is 9.58. The Morgan fingerprint density at radius 3 is 1.80 bits per heavy atom. The molecule has 0 aromatic carbocycles. The Morgan fingerprint density at radius 2 is 1.80 bits per heavy atom. The summed E-state index contributed by atoms with van der Waals surface area (Å²) in [6.45, 7) is 5.30. The summed E-state index contributed by atoms with van der Waals surface area (Å²) < 4.78 is 1.28. The summed E-state index contributed by atoms with van der Waals surface area (Å²) in [5.41, 5.74) is 0. The maximum atomic E-state index is 2.38. The quantitative estimate of drug-likeness (QED) is 0.329. The van der Waals surface area contributed by atoms with Gasteiger partial charge >= 0.3 is 0 Å². The van der Waals surface area contributed by atoms with Crippen molar-refractivity contribution in [2.75, 3.05) is 4.33 Å². The molecule has 0 radical (unpaired) electrons. The van der Waals surface area contributed by atoms with Crippen molar-refractivity contribution >= 4 is 29.3 Å². The SMILES string of the molecule is CB(C)CI. The third kappa shape index (κ3) is 4.79. The van der Waals surface area contributed by atoms with Crippen molar-refractivity contribution < 1.29 is 0 Å². The standard InChI is InChI=1S/C3H8BI/c1-4(2)3-5/h3H2,1-2H3. The Hall–Kier alpha value is 0.795. The lowest BCUT2D eigenvalue weighted by Gasteiger charge is -1.82. The molecule has 0 saturated carbocycles. The summed E-state index contributed by atoms with van der Waals surface area (Å²) in [5, 5.41) is 0. The fourth-order valence-corrected chi connectivity index (χ4v) is 0. The van der Waals surface area contributed by atoms with Gasteiger partial charge in [0.1, 0.15) is 6.71 Å². The maximum absolute atomic E-state index is 2.38. The van der Waals surface area contributed by atoms with Crippen molar-refractivity contribution in [1.29, 1.82) is 0 Å². The molecule has 0 spiro atoms. The van der Waals surface area contributed by atoms with Crippen LogP contribution in [0.3, 0.4) is 0 Å². The van der Waals surface area contributed by atoms with Crippen molar-refractivity contribution in [3.05, 3.63) is 0 Å². The molecule has 0 heterocycles. The van der Waals surface area contributed by atoms with Crippen LogP contribution in [0.5, 0.6) is 0 Å². The highest BCUT2D eigenvalue weighted by atomic mass is 127. The second-order valence-corrected chi connectivity index (χ2v) is 2.43. The molecule has 30 valence electrons. The number of halogens is 1. The number of hydrogen-bond acceptors (Lipinski definition) is 0. The maximum Gasteiger partial charge on any atom is 0.144 e. The van der Waals surface area contributed by atoms with E-state index in [0.717, 1.165) is 6.71 Å². The number of rotatable bonds is 1. The van der Waals surface area contributed by atoms with Gasteiger partial charge < -0.3 is 0 Å². The van der Waals surface area contributed by atoms with E-state index in [2.05, 4.69) is 36.2 Å². The zero-order valence-corrected chi connectivity index (χ0v) is 5.82. The third-order valence-electron chi connectivity index (χ3n) is 0.309. The van der Waals surface area contributed by atoms with Gasteiger partial charge in [-0.3, -0.25) is 0 Å². The van der Waals surface area contributed by atoms with Crippen LogP contribution in [0.2, 0.25) is 13.6 Å². The van der Waals surface area contributed by atoms with Crippen LogP contribution in [-0.2, 0) is 0 Å². The first kappa shape index (κ1) is 5.79. The van der Waals surface area contributed by atoms with Crippen molar-refractivity contribution in [2.24, 2.45) is 0 Å². The van der Waals surface area contributed by atoms with E-state index in [-0.39, 0.29) is 0 Å². The highest BCUT2D eigenvalue weighted by Crippen LogP contribution is 1.85. The first-order valence-electron chi connectivity index (χ1n) is 1.83. The topological polar surface area (TPSA) is 0 Å². The second-order valence-electron chi connectivity index (χ2n) is 1.55. The molecule has 0 aromatic heterocycles. The van der Waals surface area contributed by atoms with Crippen LogP contribution in [0.25, 0.3) is 0 Å². The summed E-state index contributed by atoms with van der Waals surface area (Å²) in [6.07, 6.45) is 0. The molecule has 0 nitrogen and oxygen atoms in total. The Labute approximate surface area is 47.6 Å². The largest absolute Gasteiger partial charge is 0.144 e. The van der Waals surface area contributed by atoms with Crippen LogP contribution in [0.15, 0.2) is 0 Å². The molecule has 2 heteroatoms. The van der Waals surface area contributed by atoms with Crippen molar-refractivity contribution in [3.63, 3.8) is 0 Å². The smallest absolute Gasteiger partial charge is 0.0953 e. The molecular formula is C3H8BI. The van der Waals surface area contributed by atoms with Crippen LogP contribution in [-0.4, -0.2) is 11.0 Å². The minimum atomic E-state index is 0.871. The summed E-state index contributed by atoms with van der Waals surface area (Å²) in [6, 6.07) is 0. The van der Waals surface area contributed by atoms with Gasteiger partial charge in [0.2, 0.25) is 0 Å². The second kappa shape index (κ2) is 3.00. The first-order valence-corrected chi connectivity index (χ1v) is 3.36. The van der Waals surface area contributed by atoms with E-state index in [1.165, 1.54) is 4.33 Å². The molecular weight excluding hydrogens is 174 g/mol. The van der Waals surface area contributed by atoms with Gasteiger partial charge in [-0.05, 0) is 4.33 Å². The Bertz CT molecular complexity index is 20.9. The van der Waals surface area contributed by atoms with Gasteiger partial charge in [0.05, 0.1) is 0 Å². The lowest BCUT2D eigenvalue weighted by molar-refractivity contribution is 1.91. The number of alkyl halides is 1. The molecule has 0 aliphatic rings. The van der Waals surface area contributed by atoms with Gasteiger partial charge in [0.25, 0.3) is 0 Å². The van der Waals surface area contributed by atoms with Gasteiger partial charge in [-0.1, -0.05) is 36.2 Å². The summed E-state index contributed by atoms with van der Waals surface area (Å²) in [7, 11) is 0. The third-order valence-corrected chi connectivity index (χ3v) is 2.07. The molecule has 0 N–H and O–H groups in total. The zero-order valence-electron chi connectivity index (χ0n) is 3.66. The predicted octanol–water partition coefficient (Wildman–Crippen LogP) is 1.72. The van der Waals surface area contributed by atoms with Crippen LogP contribution in [0.4, 0.5) is 0 Å². The number of hydrogen-bond donors (Lipinski definition) is 0. The van der Waals surface area contributed by atoms with E-state index in [4.69, 9.17) is 0 Å². The molecule has 0 saturated heterocycles. The summed E-state index contributed by atoms with van der Waals surface area (Å²) >= 11 is 2.38. The molecule has 0 bridgehead atoms. The molecule has 0 aliphatic heterocycles. The summed E-state index contributed by atoms with van der Waals surface area (Å²) in [5.74, 6) is 0. The molecule has 0 aliphatic carbocycles. The average Bonchev–Trinajstić information content (AvgIpc) is 1.38. The fourth-order valence-electron chi connectivity index (χ4n) is 0. The summed E-state index contributed by atoms with van der Waals surface area (Å²) in [4.78, 5) is 0. The van der Waals surface area contributed by atoms with Gasteiger partial charge in [0, 0.05) is 0 Å². The van der Waals surface area contributed by atoms with E-state index in [9.17, 15) is 0 Å². The Morgan fingerprint density at radius 1 is 1.60 bits per heavy atom. The monoisotopic (exact) mass is 182 g/mol. The minimum Gasteiger partial charge on any atom is -0.0953 e. The van der Waals surface area contributed by atoms with Crippen LogP contribution >= 0.6 is 22.6 Å². The van der Waals surface area contributed by atoms with Gasteiger partial charge in [-0.15, -0.1) is 0 Å². The molecule has 0 unspecified atom stereocenters. The van der Waals surface area contributed by atoms with Crippen LogP contribution < -0.4 is 0 Å². The normalized spacial score (nSPS) is 7.80. The average molecular weight is 182 g/mol. The lowest BCUT2D eigenvalue weighted by Crippen LogP contribution is -1.99. The van der Waals surface area contributed by atoms with Crippen LogP contribution in [0.1, 0.15) is 0 Å². The zero-order chi connectivity index (χ0) is 4.28. The Kier molecular flexibility index (Phi) is 3.48. The first-order chi connectivity index (χ1) is 2.27. The van der Waals surface area contributed by atoms with E-state index >= 15 is 0 Å². The van der Waals surface area contributed by atoms with E-state index < -0.39 is 0 Å². The highest BCUT2D eigenvalue weighted by molar-refractivity contribution is 14.1. The highest BCUT2D eigenvalue weighted by Gasteiger charge is 1.88. The molecule has 0 amide bonds. The van der Waals surface area contributed by atoms with E-state index in [0.29, 0.717) is 0 Å². The van der Waals surface area contributed by atoms with E-state index in [1.54, 1.807) is 0 Å². The molecule has 0 atom stereocenters. The van der Waals surface area contributed by atoms with Crippen LogP contribution in [0, 0.1) is 0 Å². The van der Waals surface area contributed by atoms with Gasteiger partial charge in [0.15, 0.2) is 0 Å². The predicted molar refractivity (Wildman–Crippen MR) is 36.4 cm³/mol. The van der Waals surface area contributed by atoms with Gasteiger partial charge in [-0.25, -0.2) is 0 Å². The fraction of sp³-hybridized carbons (Fsp3) is 1.00. The minimum absolute atomic E-state index is 0.871. The molecule has 5 heavy (non-hydrogen) atoms.